The van der Waals surface area contributed by atoms with Crippen LogP contribution in [0.1, 0.15) is 5.56 Å². The largest absolute Gasteiger partial charge is 0.507 e. The Hall–Kier alpha value is -1.80. The summed E-state index contributed by atoms with van der Waals surface area (Å²) in [7, 11) is 1.19. The molecular weight excluding hydrogens is 362 g/mol. The second-order valence-corrected chi connectivity index (χ2v) is 5.90. The van der Waals surface area contributed by atoms with Crippen molar-refractivity contribution < 1.29 is 24.2 Å². The van der Waals surface area contributed by atoms with Crippen LogP contribution in [0.25, 0.3) is 6.08 Å². The molecule has 1 N–H and O–H groups in total. The zero-order valence-corrected chi connectivity index (χ0v) is 13.2. The van der Waals surface area contributed by atoms with Gasteiger partial charge in [-0.3, -0.25) is 19.3 Å². The Morgan fingerprint density at radius 3 is 2.81 bits per heavy atom. The molecule has 0 unspecified atom stereocenters. The van der Waals surface area contributed by atoms with Gasteiger partial charge in [0.25, 0.3) is 11.1 Å². The molecule has 8 heteroatoms. The molecule has 2 rings (SSSR count). The van der Waals surface area contributed by atoms with Crippen LogP contribution in [0, 0.1) is 0 Å². The predicted octanol–water partition coefficient (Wildman–Crippen LogP) is 2.36. The van der Waals surface area contributed by atoms with Crippen molar-refractivity contribution in [2.24, 2.45) is 0 Å². The van der Waals surface area contributed by atoms with E-state index in [-0.39, 0.29) is 10.7 Å². The van der Waals surface area contributed by atoms with Crippen molar-refractivity contribution in [1.29, 1.82) is 0 Å². The van der Waals surface area contributed by atoms with Crippen molar-refractivity contribution in [1.82, 2.24) is 4.90 Å². The molecule has 1 aromatic carbocycles. The van der Waals surface area contributed by atoms with Gasteiger partial charge in [0, 0.05) is 0 Å². The van der Waals surface area contributed by atoms with Gasteiger partial charge in [-0.1, -0.05) is 6.07 Å². The van der Waals surface area contributed by atoms with Gasteiger partial charge in [0.2, 0.25) is 0 Å². The SMILES string of the molecule is COC(=O)CN1C(=O)S/C(=C\c2ccc(O)c(Br)c2)C1=O. The van der Waals surface area contributed by atoms with Gasteiger partial charge in [0.15, 0.2) is 0 Å². The number of thioether (sulfide) groups is 1. The molecule has 0 spiro atoms. The Morgan fingerprint density at radius 2 is 2.19 bits per heavy atom. The average molecular weight is 372 g/mol. The van der Waals surface area contributed by atoms with Crippen LogP contribution < -0.4 is 0 Å². The fraction of sp³-hybridized carbons (Fsp3) is 0.154. The lowest BCUT2D eigenvalue weighted by molar-refractivity contribution is -0.143. The molecule has 0 saturated carbocycles. The monoisotopic (exact) mass is 371 g/mol. The number of esters is 1. The summed E-state index contributed by atoms with van der Waals surface area (Å²) in [5.41, 5.74) is 0.642. The van der Waals surface area contributed by atoms with Gasteiger partial charge < -0.3 is 9.84 Å². The van der Waals surface area contributed by atoms with Crippen LogP contribution in [0.15, 0.2) is 27.6 Å². The summed E-state index contributed by atoms with van der Waals surface area (Å²) in [5.74, 6) is -1.13. The Kier molecular flexibility index (Phi) is 4.69. The molecule has 1 heterocycles. The third kappa shape index (κ3) is 3.45. The van der Waals surface area contributed by atoms with Gasteiger partial charge >= 0.3 is 5.97 Å². The Bertz CT molecular complexity index is 658. The fourth-order valence-electron chi connectivity index (χ4n) is 1.59. The topological polar surface area (TPSA) is 83.9 Å². The first-order valence-corrected chi connectivity index (χ1v) is 7.34. The van der Waals surface area contributed by atoms with Gasteiger partial charge in [-0.15, -0.1) is 0 Å². The van der Waals surface area contributed by atoms with Crippen LogP contribution >= 0.6 is 27.7 Å². The summed E-state index contributed by atoms with van der Waals surface area (Å²) in [6, 6.07) is 4.69. The molecule has 2 amide bonds. The number of benzene rings is 1. The van der Waals surface area contributed by atoms with Gasteiger partial charge in [-0.2, -0.15) is 0 Å². The average Bonchev–Trinajstić information content (AvgIpc) is 2.70. The van der Waals surface area contributed by atoms with Crippen LogP contribution in [-0.4, -0.2) is 40.8 Å². The maximum atomic E-state index is 12.1. The van der Waals surface area contributed by atoms with Crippen LogP contribution in [0.3, 0.4) is 0 Å². The highest BCUT2D eigenvalue weighted by Crippen LogP contribution is 2.33. The van der Waals surface area contributed by atoms with Gasteiger partial charge in [-0.25, -0.2) is 0 Å². The number of phenolic OH excluding ortho intramolecular Hbond substituents is 1. The standard InChI is InChI=1S/C13H10BrNO5S/c1-20-11(17)6-15-12(18)10(21-13(15)19)5-7-2-3-9(16)8(14)4-7/h2-5,16H,6H2,1H3/b10-5-. The molecule has 1 aliphatic rings. The molecule has 0 atom stereocenters. The number of halogens is 1. The van der Waals surface area contributed by atoms with Crippen LogP contribution in [-0.2, 0) is 14.3 Å². The van der Waals surface area contributed by atoms with Gasteiger partial charge in [0.05, 0.1) is 16.5 Å². The van der Waals surface area contributed by atoms with Crippen LogP contribution in [0.2, 0.25) is 0 Å². The number of aromatic hydroxyl groups is 1. The lowest BCUT2D eigenvalue weighted by atomic mass is 10.2. The van der Waals surface area contributed by atoms with E-state index in [0.717, 1.165) is 16.7 Å². The van der Waals surface area contributed by atoms with E-state index in [4.69, 9.17) is 0 Å². The number of hydrogen-bond donors (Lipinski definition) is 1. The molecule has 1 fully saturated rings. The predicted molar refractivity (Wildman–Crippen MR) is 80.5 cm³/mol. The zero-order valence-electron chi connectivity index (χ0n) is 10.8. The van der Waals surface area contributed by atoms with Crippen molar-refractivity contribution in [3.8, 4) is 5.75 Å². The summed E-state index contributed by atoms with van der Waals surface area (Å²) in [6.45, 7) is -0.405. The van der Waals surface area contributed by atoms with E-state index in [0.29, 0.717) is 10.0 Å². The third-order valence-corrected chi connectivity index (χ3v) is 4.20. The number of phenols is 1. The van der Waals surface area contributed by atoms with Crippen molar-refractivity contribution in [3.63, 3.8) is 0 Å². The molecule has 1 aromatic rings. The Balaban J connectivity index is 2.23. The van der Waals surface area contributed by atoms with E-state index in [1.807, 2.05) is 0 Å². The summed E-state index contributed by atoms with van der Waals surface area (Å²) in [4.78, 5) is 36.0. The molecule has 110 valence electrons. The minimum atomic E-state index is -0.661. The lowest BCUT2D eigenvalue weighted by Crippen LogP contribution is -2.34. The molecule has 21 heavy (non-hydrogen) atoms. The molecule has 0 radical (unpaired) electrons. The molecule has 0 bridgehead atoms. The van der Waals surface area contributed by atoms with E-state index in [1.54, 1.807) is 12.1 Å². The van der Waals surface area contributed by atoms with Gasteiger partial charge in [-0.05, 0) is 51.5 Å². The maximum Gasteiger partial charge on any atom is 0.325 e. The Labute approximate surface area is 132 Å². The molecular formula is C13H10BrNO5S. The minimum Gasteiger partial charge on any atom is -0.507 e. The van der Waals surface area contributed by atoms with Crippen molar-refractivity contribution in [3.05, 3.63) is 33.1 Å². The first-order chi connectivity index (χ1) is 9.92. The number of carbonyl (C=O) groups is 3. The quantitative estimate of drug-likeness (QED) is 0.648. The second kappa shape index (κ2) is 6.31. The van der Waals surface area contributed by atoms with Crippen molar-refractivity contribution in [2.75, 3.05) is 13.7 Å². The number of hydrogen-bond acceptors (Lipinski definition) is 6. The van der Waals surface area contributed by atoms with E-state index >= 15 is 0 Å². The molecule has 0 aliphatic carbocycles. The van der Waals surface area contributed by atoms with Crippen LogP contribution in [0.5, 0.6) is 5.75 Å². The Morgan fingerprint density at radius 1 is 1.48 bits per heavy atom. The zero-order chi connectivity index (χ0) is 15.6. The number of imide groups is 1. The number of methoxy groups -OCH3 is 1. The number of carbonyl (C=O) groups excluding carboxylic acids is 3. The first kappa shape index (κ1) is 15.6. The van der Waals surface area contributed by atoms with E-state index < -0.39 is 23.7 Å². The summed E-state index contributed by atoms with van der Waals surface area (Å²) >= 11 is 3.92. The van der Waals surface area contributed by atoms with E-state index in [2.05, 4.69) is 20.7 Å². The molecule has 1 aliphatic heterocycles. The van der Waals surface area contributed by atoms with Crippen LogP contribution in [0.4, 0.5) is 4.79 Å². The molecule has 6 nitrogen and oxygen atoms in total. The third-order valence-electron chi connectivity index (χ3n) is 2.66. The summed E-state index contributed by atoms with van der Waals surface area (Å²) < 4.78 is 4.92. The fourth-order valence-corrected chi connectivity index (χ4v) is 2.83. The summed E-state index contributed by atoms with van der Waals surface area (Å²) in [6.07, 6.45) is 1.52. The highest BCUT2D eigenvalue weighted by atomic mass is 79.9. The number of rotatable bonds is 3. The van der Waals surface area contributed by atoms with Gasteiger partial charge in [0.1, 0.15) is 12.3 Å². The lowest BCUT2D eigenvalue weighted by Gasteiger charge is -2.09. The maximum absolute atomic E-state index is 12.1. The smallest absolute Gasteiger partial charge is 0.325 e. The highest BCUT2D eigenvalue weighted by molar-refractivity contribution is 9.10. The normalized spacial score (nSPS) is 16.7. The van der Waals surface area contributed by atoms with Crippen molar-refractivity contribution >= 4 is 50.9 Å². The molecule has 1 saturated heterocycles. The van der Waals surface area contributed by atoms with Crippen molar-refractivity contribution in [2.45, 2.75) is 0 Å². The van der Waals surface area contributed by atoms with E-state index in [9.17, 15) is 19.5 Å². The minimum absolute atomic E-state index is 0.0749. The second-order valence-electron chi connectivity index (χ2n) is 4.05. The molecule has 0 aromatic heterocycles. The van der Waals surface area contributed by atoms with E-state index in [1.165, 1.54) is 19.3 Å². The first-order valence-electron chi connectivity index (χ1n) is 5.73. The summed E-state index contributed by atoms with van der Waals surface area (Å²) in [5, 5.41) is 8.89. The number of amides is 2. The highest BCUT2D eigenvalue weighted by Gasteiger charge is 2.36. The number of nitrogens with zero attached hydrogens (tertiary/aromatic N) is 1. The number of ether oxygens (including phenoxy) is 1.